The monoisotopic (exact) mass is 258 g/mol. The number of hydrogen-bond acceptors (Lipinski definition) is 3. The van der Waals surface area contributed by atoms with Crippen molar-refractivity contribution in [2.24, 2.45) is 0 Å². The van der Waals surface area contributed by atoms with Crippen LogP contribution in [0.25, 0.3) is 0 Å². The summed E-state index contributed by atoms with van der Waals surface area (Å²) in [6, 6.07) is 9.48. The first-order valence-corrected chi connectivity index (χ1v) is 6.25. The zero-order chi connectivity index (χ0) is 13.8. The Hall–Kier alpha value is -2.23. The minimum Gasteiger partial charge on any atom is -0.467 e. The Balaban J connectivity index is 2.24. The van der Waals surface area contributed by atoms with E-state index in [4.69, 9.17) is 4.42 Å². The minimum absolute atomic E-state index is 0.0497. The number of carbonyl (C=O) groups excluding carboxylic acids is 1. The van der Waals surface area contributed by atoms with Gasteiger partial charge in [-0.2, -0.15) is 0 Å². The first kappa shape index (κ1) is 13.2. The number of anilines is 1. The standard InChI is InChI=1S/C15H18N2O2/c1-10-12(15(18)16-3)6-4-7-13(10)17-11(2)14-8-5-9-19-14/h4-9,11,17H,1-3H3,(H,16,18). The molecule has 1 amide bonds. The number of rotatable bonds is 4. The largest absolute Gasteiger partial charge is 0.467 e. The Morgan fingerprint density at radius 3 is 2.68 bits per heavy atom. The van der Waals surface area contributed by atoms with Crippen molar-refractivity contribution < 1.29 is 9.21 Å². The van der Waals surface area contributed by atoms with E-state index in [0.29, 0.717) is 5.56 Å². The van der Waals surface area contributed by atoms with Crippen LogP contribution in [0.2, 0.25) is 0 Å². The molecule has 1 atom stereocenters. The maximum Gasteiger partial charge on any atom is 0.251 e. The average Bonchev–Trinajstić information content (AvgIpc) is 2.94. The van der Waals surface area contributed by atoms with E-state index in [9.17, 15) is 4.79 Å². The second-order valence-electron chi connectivity index (χ2n) is 4.44. The summed E-state index contributed by atoms with van der Waals surface area (Å²) >= 11 is 0. The molecule has 0 fully saturated rings. The molecule has 0 bridgehead atoms. The zero-order valence-corrected chi connectivity index (χ0v) is 11.4. The molecule has 0 aliphatic rings. The Bertz CT molecular complexity index is 562. The smallest absolute Gasteiger partial charge is 0.251 e. The highest BCUT2D eigenvalue weighted by molar-refractivity contribution is 5.96. The predicted molar refractivity (Wildman–Crippen MR) is 75.3 cm³/mol. The van der Waals surface area contributed by atoms with E-state index in [1.54, 1.807) is 13.3 Å². The Morgan fingerprint density at radius 2 is 2.05 bits per heavy atom. The molecule has 2 N–H and O–H groups in total. The molecule has 19 heavy (non-hydrogen) atoms. The van der Waals surface area contributed by atoms with Gasteiger partial charge >= 0.3 is 0 Å². The van der Waals surface area contributed by atoms with Gasteiger partial charge in [0.25, 0.3) is 5.91 Å². The molecule has 1 unspecified atom stereocenters. The lowest BCUT2D eigenvalue weighted by Crippen LogP contribution is -2.19. The third kappa shape index (κ3) is 2.78. The first-order valence-electron chi connectivity index (χ1n) is 6.25. The maximum absolute atomic E-state index is 11.7. The van der Waals surface area contributed by atoms with Gasteiger partial charge in [-0.25, -0.2) is 0 Å². The van der Waals surface area contributed by atoms with Crippen LogP contribution in [-0.4, -0.2) is 13.0 Å². The molecule has 0 radical (unpaired) electrons. The van der Waals surface area contributed by atoms with Crippen LogP contribution in [0.1, 0.15) is 34.6 Å². The summed E-state index contributed by atoms with van der Waals surface area (Å²) in [5.41, 5.74) is 2.55. The molecule has 0 aliphatic heterocycles. The quantitative estimate of drug-likeness (QED) is 0.886. The maximum atomic E-state index is 11.7. The molecule has 0 saturated carbocycles. The molecule has 2 aromatic rings. The number of amides is 1. The molecule has 2 rings (SSSR count). The minimum atomic E-state index is -0.0770. The van der Waals surface area contributed by atoms with Crippen molar-refractivity contribution in [3.8, 4) is 0 Å². The van der Waals surface area contributed by atoms with Crippen molar-refractivity contribution in [3.63, 3.8) is 0 Å². The molecule has 4 nitrogen and oxygen atoms in total. The van der Waals surface area contributed by atoms with E-state index < -0.39 is 0 Å². The Labute approximate surface area is 112 Å². The van der Waals surface area contributed by atoms with Crippen LogP contribution < -0.4 is 10.6 Å². The van der Waals surface area contributed by atoms with Gasteiger partial charge in [-0.1, -0.05) is 6.07 Å². The predicted octanol–water partition coefficient (Wildman–Crippen LogP) is 3.12. The van der Waals surface area contributed by atoms with Gasteiger partial charge in [-0.05, 0) is 43.7 Å². The van der Waals surface area contributed by atoms with Crippen LogP contribution in [0.3, 0.4) is 0 Å². The molecule has 0 aliphatic carbocycles. The van der Waals surface area contributed by atoms with Crippen LogP contribution in [0.15, 0.2) is 41.0 Å². The summed E-state index contributed by atoms with van der Waals surface area (Å²) < 4.78 is 5.36. The summed E-state index contributed by atoms with van der Waals surface area (Å²) in [4.78, 5) is 11.7. The number of carbonyl (C=O) groups is 1. The second-order valence-corrected chi connectivity index (χ2v) is 4.44. The van der Waals surface area contributed by atoms with Gasteiger partial charge in [0.15, 0.2) is 0 Å². The van der Waals surface area contributed by atoms with Crippen LogP contribution >= 0.6 is 0 Å². The number of furan rings is 1. The summed E-state index contributed by atoms with van der Waals surface area (Å²) in [7, 11) is 1.63. The topological polar surface area (TPSA) is 54.3 Å². The van der Waals surface area contributed by atoms with Gasteiger partial charge in [0.2, 0.25) is 0 Å². The summed E-state index contributed by atoms with van der Waals surface area (Å²) in [5, 5.41) is 6.00. The number of nitrogens with one attached hydrogen (secondary N) is 2. The highest BCUT2D eigenvalue weighted by Crippen LogP contribution is 2.24. The first-order chi connectivity index (χ1) is 9.13. The molecule has 0 spiro atoms. The fourth-order valence-corrected chi connectivity index (χ4v) is 2.01. The normalized spacial score (nSPS) is 11.9. The van der Waals surface area contributed by atoms with E-state index in [-0.39, 0.29) is 11.9 Å². The van der Waals surface area contributed by atoms with Crippen molar-refractivity contribution in [2.75, 3.05) is 12.4 Å². The summed E-state index contributed by atoms with van der Waals surface area (Å²) in [6.07, 6.45) is 1.65. The molecule has 1 aromatic carbocycles. The molecule has 4 heteroatoms. The average molecular weight is 258 g/mol. The van der Waals surface area contributed by atoms with Gasteiger partial charge in [0, 0.05) is 18.3 Å². The van der Waals surface area contributed by atoms with E-state index >= 15 is 0 Å². The molecule has 100 valence electrons. The lowest BCUT2D eigenvalue weighted by molar-refractivity contribution is 0.0962. The number of benzene rings is 1. The molecular formula is C15H18N2O2. The second kappa shape index (κ2) is 5.61. The third-order valence-electron chi connectivity index (χ3n) is 3.15. The van der Waals surface area contributed by atoms with Gasteiger partial charge in [-0.3, -0.25) is 4.79 Å². The van der Waals surface area contributed by atoms with E-state index in [1.165, 1.54) is 0 Å². The molecule has 1 aromatic heterocycles. The van der Waals surface area contributed by atoms with Crippen molar-refractivity contribution >= 4 is 11.6 Å². The van der Waals surface area contributed by atoms with Crippen LogP contribution in [0, 0.1) is 6.92 Å². The Morgan fingerprint density at radius 1 is 1.26 bits per heavy atom. The van der Waals surface area contributed by atoms with Crippen molar-refractivity contribution in [1.29, 1.82) is 0 Å². The highest BCUT2D eigenvalue weighted by Gasteiger charge is 2.13. The summed E-state index contributed by atoms with van der Waals surface area (Å²) in [6.45, 7) is 3.95. The van der Waals surface area contributed by atoms with Crippen molar-refractivity contribution in [1.82, 2.24) is 5.32 Å². The van der Waals surface area contributed by atoms with E-state index in [0.717, 1.165) is 17.0 Å². The fourth-order valence-electron chi connectivity index (χ4n) is 2.01. The van der Waals surface area contributed by atoms with Crippen LogP contribution in [0.4, 0.5) is 5.69 Å². The lowest BCUT2D eigenvalue weighted by Gasteiger charge is -2.16. The lowest BCUT2D eigenvalue weighted by atomic mass is 10.1. The van der Waals surface area contributed by atoms with Crippen LogP contribution in [-0.2, 0) is 0 Å². The highest BCUT2D eigenvalue weighted by atomic mass is 16.3. The Kier molecular flexibility index (Phi) is 3.90. The number of hydrogen-bond donors (Lipinski definition) is 2. The zero-order valence-electron chi connectivity index (χ0n) is 11.4. The molecular weight excluding hydrogens is 240 g/mol. The molecule has 0 saturated heterocycles. The van der Waals surface area contributed by atoms with E-state index in [1.807, 2.05) is 44.2 Å². The van der Waals surface area contributed by atoms with Gasteiger partial charge in [0.1, 0.15) is 5.76 Å². The van der Waals surface area contributed by atoms with Crippen molar-refractivity contribution in [3.05, 3.63) is 53.5 Å². The molecule has 1 heterocycles. The SMILES string of the molecule is CNC(=O)c1cccc(NC(C)c2ccco2)c1C. The summed E-state index contributed by atoms with van der Waals surface area (Å²) in [5.74, 6) is 0.788. The fraction of sp³-hybridized carbons (Fsp3) is 0.267. The van der Waals surface area contributed by atoms with E-state index in [2.05, 4.69) is 10.6 Å². The van der Waals surface area contributed by atoms with Gasteiger partial charge in [0.05, 0.1) is 12.3 Å². The third-order valence-corrected chi connectivity index (χ3v) is 3.15. The van der Waals surface area contributed by atoms with Crippen LogP contribution in [0.5, 0.6) is 0 Å². The van der Waals surface area contributed by atoms with Crippen molar-refractivity contribution in [2.45, 2.75) is 19.9 Å². The van der Waals surface area contributed by atoms with Gasteiger partial charge < -0.3 is 15.1 Å². The van der Waals surface area contributed by atoms with Gasteiger partial charge in [-0.15, -0.1) is 0 Å².